The van der Waals surface area contributed by atoms with Gasteiger partial charge in [-0.1, -0.05) is 12.1 Å². The second-order valence-electron chi connectivity index (χ2n) is 5.32. The number of halogens is 3. The molecule has 0 spiro atoms. The number of benzene rings is 1. The van der Waals surface area contributed by atoms with E-state index in [0.29, 0.717) is 11.3 Å². The lowest BCUT2D eigenvalue weighted by molar-refractivity contribution is -0.138. The van der Waals surface area contributed by atoms with Crippen LogP contribution in [0.2, 0.25) is 0 Å². The molecule has 25 heavy (non-hydrogen) atoms. The topological polar surface area (TPSA) is 63.8 Å². The summed E-state index contributed by atoms with van der Waals surface area (Å²) < 4.78 is 45.4. The number of hydrogen-bond donors (Lipinski definition) is 1. The molecule has 0 aliphatic heterocycles. The molecular weight excluding hydrogens is 337 g/mol. The van der Waals surface area contributed by atoms with Gasteiger partial charge in [0, 0.05) is 11.8 Å². The number of rotatable bonds is 4. The summed E-state index contributed by atoms with van der Waals surface area (Å²) in [7, 11) is 1.45. The lowest BCUT2D eigenvalue weighted by Gasteiger charge is -2.09. The molecule has 0 saturated heterocycles. The van der Waals surface area contributed by atoms with Crippen LogP contribution in [0, 0.1) is 0 Å². The van der Waals surface area contributed by atoms with Crippen LogP contribution in [0.25, 0.3) is 16.9 Å². The number of nitrogens with zero attached hydrogens (tertiary/aromatic N) is 2. The van der Waals surface area contributed by atoms with Gasteiger partial charge in [-0.25, -0.2) is 4.98 Å². The Balaban J connectivity index is 2.30. The highest BCUT2D eigenvalue weighted by Gasteiger charge is 2.31. The van der Waals surface area contributed by atoms with Gasteiger partial charge in [-0.05, 0) is 24.3 Å². The molecule has 0 amide bonds. The van der Waals surface area contributed by atoms with Gasteiger partial charge in [0.2, 0.25) is 0 Å². The summed E-state index contributed by atoms with van der Waals surface area (Å²) >= 11 is 0. The van der Waals surface area contributed by atoms with E-state index in [2.05, 4.69) is 4.98 Å². The Morgan fingerprint density at radius 2 is 1.96 bits per heavy atom. The molecule has 0 atom stereocenters. The average molecular weight is 350 g/mol. The second kappa shape index (κ2) is 6.12. The van der Waals surface area contributed by atoms with Crippen molar-refractivity contribution in [1.29, 1.82) is 0 Å². The van der Waals surface area contributed by atoms with Crippen LogP contribution in [0.3, 0.4) is 0 Å². The molecular formula is C17H13F3N2O3. The van der Waals surface area contributed by atoms with Crippen LogP contribution >= 0.6 is 0 Å². The van der Waals surface area contributed by atoms with Crippen molar-refractivity contribution in [1.82, 2.24) is 9.38 Å². The van der Waals surface area contributed by atoms with Gasteiger partial charge in [0.25, 0.3) is 0 Å². The highest BCUT2D eigenvalue weighted by molar-refractivity contribution is 5.78. The maximum Gasteiger partial charge on any atom is 0.417 e. The van der Waals surface area contributed by atoms with Gasteiger partial charge in [0.1, 0.15) is 11.4 Å². The fourth-order valence-corrected chi connectivity index (χ4v) is 2.63. The van der Waals surface area contributed by atoms with E-state index in [1.54, 1.807) is 24.3 Å². The summed E-state index contributed by atoms with van der Waals surface area (Å²) in [5, 5.41) is 9.18. The Morgan fingerprint density at radius 1 is 1.24 bits per heavy atom. The van der Waals surface area contributed by atoms with Gasteiger partial charge in [0.15, 0.2) is 0 Å². The lowest BCUT2D eigenvalue weighted by atomic mass is 10.1. The van der Waals surface area contributed by atoms with Gasteiger partial charge in [0.05, 0.1) is 30.5 Å². The molecule has 0 unspecified atom stereocenters. The molecule has 0 saturated carbocycles. The van der Waals surface area contributed by atoms with Crippen LogP contribution in [0.1, 0.15) is 11.3 Å². The maximum atomic E-state index is 13.0. The van der Waals surface area contributed by atoms with E-state index in [0.717, 1.165) is 12.3 Å². The quantitative estimate of drug-likeness (QED) is 0.780. The van der Waals surface area contributed by atoms with Gasteiger partial charge < -0.3 is 14.2 Å². The third-order valence-electron chi connectivity index (χ3n) is 3.73. The molecule has 8 heteroatoms. The first-order valence-electron chi connectivity index (χ1n) is 7.24. The summed E-state index contributed by atoms with van der Waals surface area (Å²) in [5.41, 5.74) is 0.288. The van der Waals surface area contributed by atoms with E-state index in [9.17, 15) is 23.1 Å². The number of hydrogen-bond acceptors (Lipinski definition) is 3. The van der Waals surface area contributed by atoms with E-state index in [1.807, 2.05) is 0 Å². The number of aromatic nitrogens is 2. The number of carboxylic acids is 1. The molecule has 3 rings (SSSR count). The Bertz CT molecular complexity index is 948. The van der Waals surface area contributed by atoms with Gasteiger partial charge in [-0.15, -0.1) is 0 Å². The van der Waals surface area contributed by atoms with E-state index >= 15 is 0 Å². The molecule has 1 aromatic carbocycles. The van der Waals surface area contributed by atoms with Crippen molar-refractivity contribution in [3.05, 3.63) is 53.9 Å². The molecule has 0 fully saturated rings. The summed E-state index contributed by atoms with van der Waals surface area (Å²) in [5.74, 6) is -0.719. The first-order chi connectivity index (χ1) is 11.8. The molecule has 2 aromatic heterocycles. The molecule has 0 radical (unpaired) electrons. The fraction of sp³-hybridized carbons (Fsp3) is 0.176. The summed E-state index contributed by atoms with van der Waals surface area (Å²) in [6, 6.07) is 8.93. The third-order valence-corrected chi connectivity index (χ3v) is 3.73. The molecule has 2 heterocycles. The number of imidazole rings is 1. The number of alkyl halides is 3. The minimum absolute atomic E-state index is 0.151. The van der Waals surface area contributed by atoms with Crippen molar-refractivity contribution >= 4 is 11.6 Å². The molecule has 0 aliphatic rings. The van der Waals surface area contributed by atoms with E-state index < -0.39 is 24.1 Å². The highest BCUT2D eigenvalue weighted by Crippen LogP contribution is 2.34. The normalized spacial score (nSPS) is 11.7. The minimum Gasteiger partial charge on any atom is -0.496 e. The summed E-state index contributed by atoms with van der Waals surface area (Å²) in [6.07, 6.45) is -4.15. The summed E-state index contributed by atoms with van der Waals surface area (Å²) in [4.78, 5) is 15.6. The zero-order chi connectivity index (χ0) is 18.2. The number of aliphatic carboxylic acids is 1. The molecule has 3 aromatic rings. The largest absolute Gasteiger partial charge is 0.496 e. The Hall–Kier alpha value is -3.03. The summed E-state index contributed by atoms with van der Waals surface area (Å²) in [6.45, 7) is 0. The first-order valence-corrected chi connectivity index (χ1v) is 7.24. The van der Waals surface area contributed by atoms with Crippen molar-refractivity contribution in [2.24, 2.45) is 0 Å². The van der Waals surface area contributed by atoms with Crippen molar-refractivity contribution in [3.8, 4) is 17.0 Å². The van der Waals surface area contributed by atoms with Crippen LogP contribution in [0.5, 0.6) is 5.75 Å². The highest BCUT2D eigenvalue weighted by atomic mass is 19.4. The molecule has 0 aliphatic carbocycles. The minimum atomic E-state index is -4.54. The second-order valence-corrected chi connectivity index (χ2v) is 5.32. The monoisotopic (exact) mass is 350 g/mol. The lowest BCUT2D eigenvalue weighted by Crippen LogP contribution is -2.09. The van der Waals surface area contributed by atoms with E-state index in [-0.39, 0.29) is 17.0 Å². The standard InChI is InChI=1S/C17H13F3N2O3/c1-25-13-5-3-2-4-11(13)16-12(8-15(23)24)22-9-10(17(18,19)20)6-7-14(22)21-16/h2-7,9H,8H2,1H3,(H,23,24). The fourth-order valence-electron chi connectivity index (χ4n) is 2.63. The number of methoxy groups -OCH3 is 1. The zero-order valence-electron chi connectivity index (χ0n) is 13.0. The molecule has 130 valence electrons. The first kappa shape index (κ1) is 16.8. The van der Waals surface area contributed by atoms with Crippen molar-refractivity contribution < 1.29 is 27.8 Å². The number of fused-ring (bicyclic) bond motifs is 1. The molecule has 5 nitrogen and oxygen atoms in total. The van der Waals surface area contributed by atoms with Crippen molar-refractivity contribution in [3.63, 3.8) is 0 Å². The Morgan fingerprint density at radius 3 is 2.60 bits per heavy atom. The third kappa shape index (κ3) is 3.15. The SMILES string of the molecule is COc1ccccc1-c1nc2ccc(C(F)(F)F)cn2c1CC(=O)O. The van der Waals surface area contributed by atoms with Crippen molar-refractivity contribution in [2.45, 2.75) is 12.6 Å². The van der Waals surface area contributed by atoms with E-state index in [4.69, 9.17) is 4.74 Å². The van der Waals surface area contributed by atoms with Gasteiger partial charge in [-0.3, -0.25) is 4.79 Å². The Labute approximate surface area is 140 Å². The maximum absolute atomic E-state index is 13.0. The molecule has 1 N–H and O–H groups in total. The number of carboxylic acid groups (broad SMARTS) is 1. The predicted molar refractivity (Wildman–Crippen MR) is 83.5 cm³/mol. The zero-order valence-corrected chi connectivity index (χ0v) is 13.0. The van der Waals surface area contributed by atoms with Crippen LogP contribution in [0.4, 0.5) is 13.2 Å². The van der Waals surface area contributed by atoms with Crippen LogP contribution in [-0.4, -0.2) is 27.6 Å². The number of carbonyl (C=O) groups is 1. The number of para-hydroxylation sites is 1. The Kier molecular flexibility index (Phi) is 4.12. The average Bonchev–Trinajstić information content (AvgIpc) is 2.91. The molecule has 0 bridgehead atoms. The van der Waals surface area contributed by atoms with Crippen LogP contribution < -0.4 is 4.74 Å². The predicted octanol–water partition coefficient (Wildman–Crippen LogP) is 3.66. The van der Waals surface area contributed by atoms with Gasteiger partial charge in [-0.2, -0.15) is 13.2 Å². The number of ether oxygens (including phenoxy) is 1. The van der Waals surface area contributed by atoms with Crippen LogP contribution in [-0.2, 0) is 17.4 Å². The van der Waals surface area contributed by atoms with E-state index in [1.165, 1.54) is 17.6 Å². The smallest absolute Gasteiger partial charge is 0.417 e. The van der Waals surface area contributed by atoms with Gasteiger partial charge >= 0.3 is 12.1 Å². The number of pyridine rings is 1. The van der Waals surface area contributed by atoms with Crippen molar-refractivity contribution in [2.75, 3.05) is 7.11 Å². The van der Waals surface area contributed by atoms with Crippen LogP contribution in [0.15, 0.2) is 42.6 Å².